The zero-order valence-corrected chi connectivity index (χ0v) is 31.7. The maximum atomic E-state index is 6.85. The Morgan fingerprint density at radius 1 is 0.554 bits per heavy atom. The topological polar surface area (TPSA) is 59.8 Å². The first-order valence-electron chi connectivity index (χ1n) is 18.1. The molecule has 0 N–H and O–H groups in total. The van der Waals surface area contributed by atoms with Crippen LogP contribution in [0.1, 0.15) is 0 Å². The van der Waals surface area contributed by atoms with Gasteiger partial charge in [-0.05, 0) is 60.0 Å². The number of nitrogens with zero attached hydrogens (tertiary/aromatic N) is 4. The minimum atomic E-state index is 0. The average molecular weight is 903 g/mol. The fraction of sp³-hybridized carbons (Fsp3) is 0. The maximum Gasteiger partial charge on any atom is 0.139 e. The molecule has 0 saturated heterocycles. The van der Waals surface area contributed by atoms with Crippen LogP contribution in [0.25, 0.3) is 71.5 Å². The predicted molar refractivity (Wildman–Crippen MR) is 219 cm³/mol. The summed E-state index contributed by atoms with van der Waals surface area (Å²) in [7, 11) is 0. The second kappa shape index (κ2) is 12.6. The monoisotopic (exact) mass is 902 g/mol. The van der Waals surface area contributed by atoms with Gasteiger partial charge in [-0.15, -0.1) is 36.3 Å². The van der Waals surface area contributed by atoms with Gasteiger partial charge in [0.2, 0.25) is 0 Å². The van der Waals surface area contributed by atoms with Crippen LogP contribution in [0.2, 0.25) is 0 Å². The molecule has 8 heteroatoms. The van der Waals surface area contributed by atoms with Gasteiger partial charge in [-0.25, -0.2) is 4.98 Å². The minimum Gasteiger partial charge on any atom is -0.512 e. The van der Waals surface area contributed by atoms with E-state index in [1.165, 1.54) is 0 Å². The van der Waals surface area contributed by atoms with E-state index in [4.69, 9.17) is 18.6 Å². The van der Waals surface area contributed by atoms with Gasteiger partial charge in [0.1, 0.15) is 22.6 Å². The fourth-order valence-electron chi connectivity index (χ4n) is 8.06. The van der Waals surface area contributed by atoms with Gasteiger partial charge < -0.3 is 27.9 Å². The van der Waals surface area contributed by atoms with E-state index in [1.54, 1.807) is 6.20 Å². The van der Waals surface area contributed by atoms with E-state index < -0.39 is 0 Å². The van der Waals surface area contributed by atoms with Crippen molar-refractivity contribution in [2.75, 3.05) is 9.80 Å². The molecule has 0 spiro atoms. The number of aromatic nitrogens is 2. The molecular weight excluding hydrogens is 876 g/mol. The van der Waals surface area contributed by atoms with Crippen LogP contribution in [0.15, 0.2) is 167 Å². The molecule has 1 aliphatic rings. The Labute approximate surface area is 334 Å². The predicted octanol–water partition coefficient (Wildman–Crippen LogP) is 12.8. The van der Waals surface area contributed by atoms with Crippen LogP contribution in [0.3, 0.4) is 0 Å². The van der Waals surface area contributed by atoms with Crippen molar-refractivity contribution in [1.82, 2.24) is 9.55 Å². The summed E-state index contributed by atoms with van der Waals surface area (Å²) in [6, 6.07) is 58.7. The molecule has 7 nitrogen and oxygen atoms in total. The Morgan fingerprint density at radius 2 is 1.29 bits per heavy atom. The maximum absolute atomic E-state index is 6.85. The van der Waals surface area contributed by atoms with Crippen molar-refractivity contribution in [3.63, 3.8) is 0 Å². The average Bonchev–Trinajstić information content (AvgIpc) is 3.99. The Balaban J connectivity index is 0.00000363. The second-order valence-corrected chi connectivity index (χ2v) is 13.7. The van der Waals surface area contributed by atoms with Crippen molar-refractivity contribution in [1.29, 1.82) is 0 Å². The van der Waals surface area contributed by atoms with Crippen molar-refractivity contribution in [3.05, 3.63) is 177 Å². The van der Waals surface area contributed by atoms with Gasteiger partial charge >= 0.3 is 0 Å². The molecule has 12 rings (SSSR count). The van der Waals surface area contributed by atoms with Crippen LogP contribution in [-0.2, 0) is 21.1 Å². The van der Waals surface area contributed by atoms with E-state index >= 15 is 0 Å². The quantitative estimate of drug-likeness (QED) is 0.160. The largest absolute Gasteiger partial charge is 0.512 e. The molecule has 5 heterocycles. The van der Waals surface area contributed by atoms with Gasteiger partial charge in [0.05, 0.1) is 11.3 Å². The van der Waals surface area contributed by atoms with Gasteiger partial charge in [0.15, 0.2) is 0 Å². The van der Waals surface area contributed by atoms with Gasteiger partial charge in [0.25, 0.3) is 0 Å². The molecule has 0 aliphatic carbocycles. The standard InChI is InChI=1S/C48H27N4O3.Pt/c1-2-12-30(13-3-1)50-29-51(41-18-8-7-17-40(41)50)31-24-38-37-27-36-35-15-5-9-19-43(35)54-44(36)28-45(37)55-48(38)46(25-31)53-32-21-22-34-33-14-4-6-16-39(33)52(42(34)26-32)47-20-10-11-23-49-47;/h1-24,27-29H;/q-3;. The number of pyridine rings is 1. The Bertz CT molecular complexity index is 3300. The number of fused-ring (bicyclic) bond motifs is 10. The van der Waals surface area contributed by atoms with Crippen LogP contribution in [0.5, 0.6) is 11.5 Å². The summed E-state index contributed by atoms with van der Waals surface area (Å²) in [5.41, 5.74) is 8.74. The molecule has 0 radical (unpaired) electrons. The zero-order chi connectivity index (χ0) is 36.0. The Hall–Kier alpha value is -6.82. The third-order valence-electron chi connectivity index (χ3n) is 10.5. The first-order valence-corrected chi connectivity index (χ1v) is 18.1. The summed E-state index contributed by atoms with van der Waals surface area (Å²) in [4.78, 5) is 9.05. The number of benzene rings is 7. The molecule has 0 fully saturated rings. The van der Waals surface area contributed by atoms with Crippen LogP contribution in [0, 0.1) is 18.8 Å². The third-order valence-corrected chi connectivity index (χ3v) is 10.5. The van der Waals surface area contributed by atoms with E-state index in [0.29, 0.717) is 22.7 Å². The molecule has 56 heavy (non-hydrogen) atoms. The van der Waals surface area contributed by atoms with E-state index in [-0.39, 0.29) is 21.1 Å². The van der Waals surface area contributed by atoms with Gasteiger partial charge in [-0.2, -0.15) is 6.07 Å². The number of para-hydroxylation sites is 5. The van der Waals surface area contributed by atoms with E-state index in [9.17, 15) is 0 Å². The first kappa shape index (κ1) is 32.6. The number of furan rings is 2. The summed E-state index contributed by atoms with van der Waals surface area (Å²) in [6.07, 6.45) is 1.81. The number of hydrogen-bond acceptors (Lipinski definition) is 6. The summed E-state index contributed by atoms with van der Waals surface area (Å²) < 4.78 is 21.9. The Morgan fingerprint density at radius 3 is 2.14 bits per heavy atom. The molecule has 0 amide bonds. The molecular formula is C48H27N4O3Pt-3. The van der Waals surface area contributed by atoms with Crippen LogP contribution in [0.4, 0.5) is 22.7 Å². The molecule has 0 unspecified atom stereocenters. The van der Waals surface area contributed by atoms with Crippen molar-refractivity contribution in [2.45, 2.75) is 0 Å². The molecule has 270 valence electrons. The molecule has 0 atom stereocenters. The van der Waals surface area contributed by atoms with Gasteiger partial charge in [-0.3, -0.25) is 0 Å². The van der Waals surface area contributed by atoms with Gasteiger partial charge in [-0.1, -0.05) is 89.4 Å². The molecule has 0 saturated carbocycles. The smallest absolute Gasteiger partial charge is 0.139 e. The second-order valence-electron chi connectivity index (χ2n) is 13.7. The summed E-state index contributed by atoms with van der Waals surface area (Å²) in [5.74, 6) is 1.78. The number of rotatable bonds is 5. The Kier molecular flexibility index (Phi) is 7.35. The van der Waals surface area contributed by atoms with Crippen LogP contribution < -0.4 is 14.5 Å². The molecule has 1 aliphatic heterocycles. The van der Waals surface area contributed by atoms with Crippen molar-refractivity contribution in [2.24, 2.45) is 0 Å². The summed E-state index contributed by atoms with van der Waals surface area (Å²) in [5, 5.41) is 6.10. The number of ether oxygens (including phenoxy) is 1. The van der Waals surface area contributed by atoms with Crippen molar-refractivity contribution in [3.8, 4) is 17.3 Å². The number of anilines is 4. The fourth-order valence-corrected chi connectivity index (χ4v) is 8.06. The number of hydrogen-bond donors (Lipinski definition) is 0. The molecule has 7 aromatic carbocycles. The normalized spacial score (nSPS) is 12.7. The summed E-state index contributed by atoms with van der Waals surface area (Å²) >= 11 is 0. The van der Waals surface area contributed by atoms with E-state index in [2.05, 4.69) is 124 Å². The molecule has 11 aromatic rings. The van der Waals surface area contributed by atoms with Gasteiger partial charge in [0, 0.05) is 77.8 Å². The van der Waals surface area contributed by atoms with E-state index in [1.807, 2.05) is 60.7 Å². The van der Waals surface area contributed by atoms with E-state index in [0.717, 1.165) is 83.1 Å². The first-order chi connectivity index (χ1) is 27.2. The summed E-state index contributed by atoms with van der Waals surface area (Å²) in [6.45, 7) is 2.11. The zero-order valence-electron chi connectivity index (χ0n) is 29.4. The van der Waals surface area contributed by atoms with Crippen molar-refractivity contribution >= 4 is 88.4 Å². The van der Waals surface area contributed by atoms with Crippen LogP contribution >= 0.6 is 0 Å². The van der Waals surface area contributed by atoms with Crippen LogP contribution in [-0.4, -0.2) is 9.55 Å². The molecule has 0 bridgehead atoms. The molecule has 4 aromatic heterocycles. The minimum absolute atomic E-state index is 0. The third kappa shape index (κ3) is 4.91. The van der Waals surface area contributed by atoms with Crippen molar-refractivity contribution < 1.29 is 34.6 Å². The SMILES string of the molecule is [Pt].[c-]1c(N2[CH-]N(c3ccccc3)c3ccccc32)cc2c(oc3cc4oc5ccccc5c4cc32)c1Oc1[c-]c2c(cc1)c1ccccc1n2-c1ccccn1.